The van der Waals surface area contributed by atoms with Gasteiger partial charge in [0.05, 0.1) is 16.8 Å². The highest BCUT2D eigenvalue weighted by atomic mass is 16.1. The van der Waals surface area contributed by atoms with Crippen molar-refractivity contribution in [2.45, 2.75) is 20.3 Å². The quantitative estimate of drug-likeness (QED) is 0.504. The van der Waals surface area contributed by atoms with Gasteiger partial charge in [-0.3, -0.25) is 9.78 Å². The molecule has 0 bridgehead atoms. The van der Waals surface area contributed by atoms with Crippen molar-refractivity contribution in [2.24, 2.45) is 0 Å². The van der Waals surface area contributed by atoms with Gasteiger partial charge in [-0.25, -0.2) is 0 Å². The standard InChI is InChI=1S/C25H22N2O/c1-17-21-13-7-9-15-23(21)26-18(2)24(17)25(28)27-22-14-8-6-12-20(22)16-19-10-4-3-5-11-19/h3-15H,16H2,1-2H3,(H,27,28). The van der Waals surface area contributed by atoms with E-state index in [2.05, 4.69) is 28.5 Å². The highest BCUT2D eigenvalue weighted by Crippen LogP contribution is 2.25. The highest BCUT2D eigenvalue weighted by Gasteiger charge is 2.17. The third-order valence-electron chi connectivity index (χ3n) is 5.06. The van der Waals surface area contributed by atoms with Crippen LogP contribution in [0.15, 0.2) is 78.9 Å². The zero-order chi connectivity index (χ0) is 19.5. The summed E-state index contributed by atoms with van der Waals surface area (Å²) in [6, 6.07) is 26.2. The molecule has 0 fully saturated rings. The lowest BCUT2D eigenvalue weighted by atomic mass is 10.00. The van der Waals surface area contributed by atoms with Crippen LogP contribution < -0.4 is 5.32 Å². The highest BCUT2D eigenvalue weighted by molar-refractivity contribution is 6.08. The second-order valence-corrected chi connectivity index (χ2v) is 6.99. The van der Waals surface area contributed by atoms with Crippen molar-refractivity contribution in [2.75, 3.05) is 5.32 Å². The molecule has 0 aliphatic carbocycles. The van der Waals surface area contributed by atoms with E-state index >= 15 is 0 Å². The molecule has 3 aromatic carbocycles. The minimum Gasteiger partial charge on any atom is -0.322 e. The first-order valence-electron chi connectivity index (χ1n) is 9.42. The summed E-state index contributed by atoms with van der Waals surface area (Å²) in [6.07, 6.45) is 0.769. The van der Waals surface area contributed by atoms with E-state index in [1.54, 1.807) is 0 Å². The monoisotopic (exact) mass is 366 g/mol. The number of amides is 1. The van der Waals surface area contributed by atoms with Gasteiger partial charge in [0.25, 0.3) is 5.91 Å². The number of pyridine rings is 1. The van der Waals surface area contributed by atoms with Gasteiger partial charge in [-0.05, 0) is 49.1 Å². The molecule has 0 aliphatic heterocycles. The number of benzene rings is 3. The van der Waals surface area contributed by atoms with Gasteiger partial charge in [0, 0.05) is 11.1 Å². The second kappa shape index (κ2) is 7.65. The number of hydrogen-bond donors (Lipinski definition) is 1. The molecule has 138 valence electrons. The summed E-state index contributed by atoms with van der Waals surface area (Å²) in [6.45, 7) is 3.88. The Bertz CT molecular complexity index is 1150. The first-order valence-corrected chi connectivity index (χ1v) is 9.42. The number of nitrogens with one attached hydrogen (secondary N) is 1. The first-order chi connectivity index (χ1) is 13.6. The van der Waals surface area contributed by atoms with E-state index in [9.17, 15) is 4.79 Å². The lowest BCUT2D eigenvalue weighted by Crippen LogP contribution is -2.17. The van der Waals surface area contributed by atoms with Gasteiger partial charge >= 0.3 is 0 Å². The summed E-state index contributed by atoms with van der Waals surface area (Å²) in [4.78, 5) is 17.8. The number of nitrogens with zero attached hydrogens (tertiary/aromatic N) is 1. The predicted octanol–water partition coefficient (Wildman–Crippen LogP) is 5.69. The van der Waals surface area contributed by atoms with Crippen LogP contribution in [0, 0.1) is 13.8 Å². The molecule has 0 aliphatic rings. The minimum atomic E-state index is -0.117. The topological polar surface area (TPSA) is 42.0 Å². The Morgan fingerprint density at radius 3 is 2.36 bits per heavy atom. The van der Waals surface area contributed by atoms with Gasteiger partial charge in [-0.15, -0.1) is 0 Å². The molecular formula is C25H22N2O. The number of aryl methyl sites for hydroxylation is 2. The molecule has 4 aromatic rings. The van der Waals surface area contributed by atoms with Crippen LogP contribution in [0.25, 0.3) is 10.9 Å². The summed E-state index contributed by atoms with van der Waals surface area (Å²) in [5.41, 5.74) is 6.40. The smallest absolute Gasteiger partial charge is 0.257 e. The lowest BCUT2D eigenvalue weighted by Gasteiger charge is -2.15. The van der Waals surface area contributed by atoms with Gasteiger partial charge < -0.3 is 5.32 Å². The van der Waals surface area contributed by atoms with E-state index in [1.807, 2.05) is 74.5 Å². The van der Waals surface area contributed by atoms with Crippen LogP contribution in [0.1, 0.15) is 32.7 Å². The van der Waals surface area contributed by atoms with Crippen LogP contribution in [-0.2, 0) is 6.42 Å². The molecule has 1 heterocycles. The fourth-order valence-corrected chi connectivity index (χ4v) is 3.66. The molecule has 0 atom stereocenters. The Morgan fingerprint density at radius 1 is 0.857 bits per heavy atom. The third-order valence-corrected chi connectivity index (χ3v) is 5.06. The molecular weight excluding hydrogens is 344 g/mol. The summed E-state index contributed by atoms with van der Waals surface area (Å²) >= 11 is 0. The van der Waals surface area contributed by atoms with Crippen molar-refractivity contribution in [3.63, 3.8) is 0 Å². The third kappa shape index (κ3) is 3.52. The number of aromatic nitrogens is 1. The van der Waals surface area contributed by atoms with Crippen molar-refractivity contribution in [3.8, 4) is 0 Å². The molecule has 28 heavy (non-hydrogen) atoms. The number of fused-ring (bicyclic) bond motifs is 1. The van der Waals surface area contributed by atoms with Gasteiger partial charge in [-0.1, -0.05) is 66.7 Å². The van der Waals surface area contributed by atoms with Crippen LogP contribution in [0.4, 0.5) is 5.69 Å². The summed E-state index contributed by atoms with van der Waals surface area (Å²) < 4.78 is 0. The fraction of sp³-hybridized carbons (Fsp3) is 0.120. The van der Waals surface area contributed by atoms with E-state index in [-0.39, 0.29) is 5.91 Å². The zero-order valence-electron chi connectivity index (χ0n) is 16.1. The van der Waals surface area contributed by atoms with Crippen molar-refractivity contribution < 1.29 is 4.79 Å². The number of para-hydroxylation sites is 2. The molecule has 1 aromatic heterocycles. The van der Waals surface area contributed by atoms with Crippen molar-refractivity contribution in [1.29, 1.82) is 0 Å². The Balaban J connectivity index is 1.67. The number of anilines is 1. The molecule has 1 N–H and O–H groups in total. The van der Waals surface area contributed by atoms with Gasteiger partial charge in [0.15, 0.2) is 0 Å². The average Bonchev–Trinajstić information content (AvgIpc) is 2.70. The maximum Gasteiger partial charge on any atom is 0.257 e. The van der Waals surface area contributed by atoms with Crippen molar-refractivity contribution in [3.05, 3.63) is 107 Å². The molecule has 4 rings (SSSR count). The maximum atomic E-state index is 13.2. The molecule has 0 saturated carbocycles. The first kappa shape index (κ1) is 17.9. The number of carbonyl (C=O) groups is 1. The molecule has 1 amide bonds. The number of hydrogen-bond acceptors (Lipinski definition) is 2. The average molecular weight is 366 g/mol. The van der Waals surface area contributed by atoms with Crippen molar-refractivity contribution >= 4 is 22.5 Å². The Kier molecular flexibility index (Phi) is 4.90. The van der Waals surface area contributed by atoms with Crippen molar-refractivity contribution in [1.82, 2.24) is 4.98 Å². The summed E-state index contributed by atoms with van der Waals surface area (Å²) in [5.74, 6) is -0.117. The fourth-order valence-electron chi connectivity index (χ4n) is 3.66. The molecule has 0 radical (unpaired) electrons. The van der Waals surface area contributed by atoms with Crippen LogP contribution in [-0.4, -0.2) is 10.9 Å². The Hall–Kier alpha value is -3.46. The van der Waals surface area contributed by atoms with E-state index in [4.69, 9.17) is 0 Å². The van der Waals surface area contributed by atoms with Crippen LogP contribution in [0.2, 0.25) is 0 Å². The molecule has 0 spiro atoms. The van der Waals surface area contributed by atoms with Gasteiger partial charge in [0.2, 0.25) is 0 Å². The normalized spacial score (nSPS) is 10.8. The maximum absolute atomic E-state index is 13.2. The van der Waals surface area contributed by atoms with E-state index < -0.39 is 0 Å². The predicted molar refractivity (Wildman–Crippen MR) is 115 cm³/mol. The Morgan fingerprint density at radius 2 is 1.54 bits per heavy atom. The van der Waals surface area contributed by atoms with Crippen LogP contribution in [0.3, 0.4) is 0 Å². The summed E-state index contributed by atoms with van der Waals surface area (Å²) in [7, 11) is 0. The SMILES string of the molecule is Cc1nc2ccccc2c(C)c1C(=O)Nc1ccccc1Cc1ccccc1. The zero-order valence-corrected chi connectivity index (χ0v) is 16.1. The van der Waals surface area contributed by atoms with Crippen LogP contribution in [0.5, 0.6) is 0 Å². The summed E-state index contributed by atoms with van der Waals surface area (Å²) in [5, 5.41) is 4.12. The molecule has 0 unspecified atom stereocenters. The minimum absolute atomic E-state index is 0.117. The Labute approximate surface area is 165 Å². The number of rotatable bonds is 4. The number of carbonyl (C=O) groups excluding carboxylic acids is 1. The largest absolute Gasteiger partial charge is 0.322 e. The lowest BCUT2D eigenvalue weighted by molar-refractivity contribution is 0.102. The van der Waals surface area contributed by atoms with Gasteiger partial charge in [-0.2, -0.15) is 0 Å². The van der Waals surface area contributed by atoms with Crippen LogP contribution >= 0.6 is 0 Å². The molecule has 3 heteroatoms. The second-order valence-electron chi connectivity index (χ2n) is 6.99. The van der Waals surface area contributed by atoms with E-state index in [0.29, 0.717) is 5.56 Å². The molecule has 3 nitrogen and oxygen atoms in total. The van der Waals surface area contributed by atoms with Gasteiger partial charge in [0.1, 0.15) is 0 Å². The molecule has 0 saturated heterocycles. The van der Waals surface area contributed by atoms with E-state index in [0.717, 1.165) is 39.8 Å². The van der Waals surface area contributed by atoms with E-state index in [1.165, 1.54) is 5.56 Å².